The van der Waals surface area contributed by atoms with Gasteiger partial charge in [-0.05, 0) is 18.9 Å². The molecule has 1 aromatic rings. The van der Waals surface area contributed by atoms with E-state index in [9.17, 15) is 10.1 Å². The fraction of sp³-hybridized carbons (Fsp3) is 0.500. The SMILES string of the molecule is CN(c1cc(N)cc([N+](=O)[O-])c1)C1CCOCC1. The zero-order valence-corrected chi connectivity index (χ0v) is 10.3. The number of hydrogen-bond acceptors (Lipinski definition) is 5. The molecular formula is C12H17N3O3. The van der Waals surface area contributed by atoms with E-state index in [0.717, 1.165) is 31.7 Å². The summed E-state index contributed by atoms with van der Waals surface area (Å²) in [5, 5.41) is 10.8. The number of nitro benzene ring substituents is 1. The first-order valence-corrected chi connectivity index (χ1v) is 5.93. The average Bonchev–Trinajstić information content (AvgIpc) is 2.38. The van der Waals surface area contributed by atoms with Crippen molar-refractivity contribution in [3.8, 4) is 0 Å². The highest BCUT2D eigenvalue weighted by atomic mass is 16.6. The second-order valence-electron chi connectivity index (χ2n) is 4.49. The van der Waals surface area contributed by atoms with Crippen molar-refractivity contribution in [3.05, 3.63) is 28.3 Å². The summed E-state index contributed by atoms with van der Waals surface area (Å²) in [6, 6.07) is 5.05. The summed E-state index contributed by atoms with van der Waals surface area (Å²) in [4.78, 5) is 12.4. The van der Waals surface area contributed by atoms with Crippen LogP contribution in [0.2, 0.25) is 0 Å². The monoisotopic (exact) mass is 251 g/mol. The number of non-ortho nitro benzene ring substituents is 1. The number of nitrogen functional groups attached to an aromatic ring is 1. The van der Waals surface area contributed by atoms with Crippen molar-refractivity contribution in [3.63, 3.8) is 0 Å². The molecule has 0 spiro atoms. The predicted molar refractivity (Wildman–Crippen MR) is 69.8 cm³/mol. The van der Waals surface area contributed by atoms with Gasteiger partial charge in [-0.15, -0.1) is 0 Å². The fourth-order valence-corrected chi connectivity index (χ4v) is 2.21. The molecule has 6 heteroatoms. The first kappa shape index (κ1) is 12.6. The Bertz CT molecular complexity index is 444. The van der Waals surface area contributed by atoms with Crippen molar-refractivity contribution in [2.45, 2.75) is 18.9 Å². The molecule has 2 N–H and O–H groups in total. The number of nitrogens with zero attached hydrogens (tertiary/aromatic N) is 2. The van der Waals surface area contributed by atoms with Crippen LogP contribution in [0.3, 0.4) is 0 Å². The van der Waals surface area contributed by atoms with Crippen molar-refractivity contribution >= 4 is 17.1 Å². The molecule has 6 nitrogen and oxygen atoms in total. The molecule has 0 radical (unpaired) electrons. The van der Waals surface area contributed by atoms with Crippen LogP contribution in [-0.4, -0.2) is 31.2 Å². The van der Waals surface area contributed by atoms with Gasteiger partial charge in [-0.25, -0.2) is 0 Å². The van der Waals surface area contributed by atoms with E-state index in [1.54, 1.807) is 12.1 Å². The minimum absolute atomic E-state index is 0.0314. The van der Waals surface area contributed by atoms with E-state index in [-0.39, 0.29) is 5.69 Å². The van der Waals surface area contributed by atoms with E-state index in [2.05, 4.69) is 0 Å². The first-order chi connectivity index (χ1) is 8.58. The topological polar surface area (TPSA) is 81.6 Å². The van der Waals surface area contributed by atoms with E-state index in [1.165, 1.54) is 6.07 Å². The third-order valence-electron chi connectivity index (χ3n) is 3.28. The first-order valence-electron chi connectivity index (χ1n) is 5.93. The van der Waals surface area contributed by atoms with Crippen molar-refractivity contribution in [1.29, 1.82) is 0 Å². The van der Waals surface area contributed by atoms with Gasteiger partial charge in [0.05, 0.1) is 4.92 Å². The van der Waals surface area contributed by atoms with Gasteiger partial charge in [0.15, 0.2) is 0 Å². The van der Waals surface area contributed by atoms with Crippen LogP contribution in [0.25, 0.3) is 0 Å². The van der Waals surface area contributed by atoms with E-state index in [1.807, 2.05) is 11.9 Å². The summed E-state index contributed by atoms with van der Waals surface area (Å²) in [5.41, 5.74) is 6.94. The zero-order valence-electron chi connectivity index (χ0n) is 10.3. The molecule has 1 saturated heterocycles. The maximum absolute atomic E-state index is 10.8. The maximum Gasteiger partial charge on any atom is 0.273 e. The maximum atomic E-state index is 10.8. The predicted octanol–water partition coefficient (Wildman–Crippen LogP) is 1.79. The third kappa shape index (κ3) is 2.70. The largest absolute Gasteiger partial charge is 0.398 e. The molecule has 1 heterocycles. The van der Waals surface area contributed by atoms with Crippen LogP contribution in [0, 0.1) is 10.1 Å². The molecule has 0 aromatic heterocycles. The number of benzene rings is 1. The van der Waals surface area contributed by atoms with Crippen molar-refractivity contribution in [2.75, 3.05) is 30.9 Å². The summed E-state index contributed by atoms with van der Waals surface area (Å²) in [5.74, 6) is 0. The Morgan fingerprint density at radius 1 is 1.39 bits per heavy atom. The Kier molecular flexibility index (Phi) is 3.66. The molecule has 0 saturated carbocycles. The molecule has 0 aliphatic carbocycles. The van der Waals surface area contributed by atoms with Gasteiger partial charge in [0.25, 0.3) is 5.69 Å². The summed E-state index contributed by atoms with van der Waals surface area (Å²) in [6.07, 6.45) is 1.86. The molecule has 2 rings (SSSR count). The number of nitro groups is 1. The molecule has 1 aromatic carbocycles. The number of anilines is 2. The number of rotatable bonds is 3. The van der Waals surface area contributed by atoms with E-state index >= 15 is 0 Å². The Morgan fingerprint density at radius 3 is 2.67 bits per heavy atom. The lowest BCUT2D eigenvalue weighted by atomic mass is 10.1. The molecule has 18 heavy (non-hydrogen) atoms. The lowest BCUT2D eigenvalue weighted by molar-refractivity contribution is -0.384. The summed E-state index contributed by atoms with van der Waals surface area (Å²) in [6.45, 7) is 1.47. The second kappa shape index (κ2) is 5.22. The quantitative estimate of drug-likeness (QED) is 0.503. The van der Waals surface area contributed by atoms with Crippen LogP contribution in [-0.2, 0) is 4.74 Å². The van der Waals surface area contributed by atoms with Gasteiger partial charge in [0, 0.05) is 49.8 Å². The normalized spacial score (nSPS) is 16.5. The average molecular weight is 251 g/mol. The molecule has 1 fully saturated rings. The Hall–Kier alpha value is -1.82. The van der Waals surface area contributed by atoms with Crippen LogP contribution < -0.4 is 10.6 Å². The second-order valence-corrected chi connectivity index (χ2v) is 4.49. The highest BCUT2D eigenvalue weighted by molar-refractivity contribution is 5.62. The number of nitrogens with two attached hydrogens (primary N) is 1. The minimum atomic E-state index is -0.419. The van der Waals surface area contributed by atoms with Gasteiger partial charge in [-0.1, -0.05) is 0 Å². The summed E-state index contributed by atoms with van der Waals surface area (Å²) >= 11 is 0. The van der Waals surface area contributed by atoms with E-state index in [0.29, 0.717) is 11.7 Å². The standard InChI is InChI=1S/C12H17N3O3/c1-14(10-2-4-18-5-3-10)11-6-9(13)7-12(8-11)15(16)17/h6-8,10H,2-5,13H2,1H3. The van der Waals surface area contributed by atoms with Gasteiger partial charge in [-0.2, -0.15) is 0 Å². The van der Waals surface area contributed by atoms with Gasteiger partial charge in [-0.3, -0.25) is 10.1 Å². The van der Waals surface area contributed by atoms with Gasteiger partial charge < -0.3 is 15.4 Å². The Morgan fingerprint density at radius 2 is 2.06 bits per heavy atom. The summed E-state index contributed by atoms with van der Waals surface area (Å²) < 4.78 is 5.31. The van der Waals surface area contributed by atoms with Crippen molar-refractivity contribution in [2.24, 2.45) is 0 Å². The van der Waals surface area contributed by atoms with Gasteiger partial charge >= 0.3 is 0 Å². The molecule has 1 aliphatic rings. The zero-order chi connectivity index (χ0) is 13.1. The molecule has 98 valence electrons. The highest BCUT2D eigenvalue weighted by Gasteiger charge is 2.20. The molecule has 0 amide bonds. The molecule has 0 unspecified atom stereocenters. The molecule has 0 atom stereocenters. The third-order valence-corrected chi connectivity index (χ3v) is 3.28. The van der Waals surface area contributed by atoms with Crippen LogP contribution in [0.4, 0.5) is 17.1 Å². The number of ether oxygens (including phenoxy) is 1. The van der Waals surface area contributed by atoms with Crippen molar-refractivity contribution in [1.82, 2.24) is 0 Å². The van der Waals surface area contributed by atoms with Crippen LogP contribution in [0.15, 0.2) is 18.2 Å². The summed E-state index contributed by atoms with van der Waals surface area (Å²) in [7, 11) is 1.94. The minimum Gasteiger partial charge on any atom is -0.398 e. The Balaban J connectivity index is 2.23. The highest BCUT2D eigenvalue weighted by Crippen LogP contribution is 2.27. The Labute approximate surface area is 105 Å². The lowest BCUT2D eigenvalue weighted by Crippen LogP contribution is -2.36. The number of hydrogen-bond donors (Lipinski definition) is 1. The van der Waals surface area contributed by atoms with Crippen molar-refractivity contribution < 1.29 is 9.66 Å². The molecular weight excluding hydrogens is 234 g/mol. The van der Waals surface area contributed by atoms with Crippen LogP contribution in [0.5, 0.6) is 0 Å². The van der Waals surface area contributed by atoms with Gasteiger partial charge in [0.1, 0.15) is 0 Å². The molecule has 0 bridgehead atoms. The lowest BCUT2D eigenvalue weighted by Gasteiger charge is -2.32. The van der Waals surface area contributed by atoms with Gasteiger partial charge in [0.2, 0.25) is 0 Å². The van der Waals surface area contributed by atoms with E-state index < -0.39 is 4.92 Å². The van der Waals surface area contributed by atoms with Crippen LogP contribution >= 0.6 is 0 Å². The smallest absolute Gasteiger partial charge is 0.273 e. The fourth-order valence-electron chi connectivity index (χ4n) is 2.21. The van der Waals surface area contributed by atoms with Crippen LogP contribution in [0.1, 0.15) is 12.8 Å². The van der Waals surface area contributed by atoms with E-state index in [4.69, 9.17) is 10.5 Å². The molecule has 1 aliphatic heterocycles.